The normalized spacial score (nSPS) is 10.3. The Hall–Kier alpha value is -2.56. The SMILES string of the molecule is Cc1ccc(CCNC(=O)Nc2cn(C)c(=O)cc2C)cc1. The van der Waals surface area contributed by atoms with Crippen LogP contribution in [0.3, 0.4) is 0 Å². The lowest BCUT2D eigenvalue weighted by Crippen LogP contribution is -2.31. The molecule has 116 valence electrons. The van der Waals surface area contributed by atoms with E-state index >= 15 is 0 Å². The molecule has 0 saturated carbocycles. The van der Waals surface area contributed by atoms with Crippen molar-refractivity contribution in [3.8, 4) is 0 Å². The Labute approximate surface area is 130 Å². The molecule has 1 aromatic carbocycles. The van der Waals surface area contributed by atoms with Gasteiger partial charge in [0.25, 0.3) is 5.56 Å². The molecule has 2 aromatic rings. The molecule has 0 fully saturated rings. The number of hydrogen-bond donors (Lipinski definition) is 2. The lowest BCUT2D eigenvalue weighted by molar-refractivity contribution is 0.252. The second-order valence-electron chi connectivity index (χ2n) is 5.44. The molecule has 2 rings (SSSR count). The minimum atomic E-state index is -0.270. The molecule has 0 aliphatic carbocycles. The number of carbonyl (C=O) groups is 1. The van der Waals surface area contributed by atoms with Crippen LogP contribution in [-0.2, 0) is 13.5 Å². The second-order valence-corrected chi connectivity index (χ2v) is 5.44. The van der Waals surface area contributed by atoms with Gasteiger partial charge in [0.2, 0.25) is 0 Å². The molecular weight excluding hydrogens is 278 g/mol. The van der Waals surface area contributed by atoms with Crippen LogP contribution < -0.4 is 16.2 Å². The summed E-state index contributed by atoms with van der Waals surface area (Å²) in [4.78, 5) is 23.4. The summed E-state index contributed by atoms with van der Waals surface area (Å²) in [6.07, 6.45) is 2.40. The van der Waals surface area contributed by atoms with Crippen LogP contribution in [0.1, 0.15) is 16.7 Å². The standard InChI is InChI=1S/C17H21N3O2/c1-12-4-6-14(7-5-12)8-9-18-17(22)19-15-11-20(3)16(21)10-13(15)2/h4-7,10-11H,8-9H2,1-3H3,(H2,18,19,22). The summed E-state index contributed by atoms with van der Waals surface area (Å²) in [5, 5.41) is 5.58. The van der Waals surface area contributed by atoms with Gasteiger partial charge in [-0.25, -0.2) is 4.79 Å². The van der Waals surface area contributed by atoms with E-state index in [1.807, 2.05) is 6.92 Å². The fraction of sp³-hybridized carbons (Fsp3) is 0.294. The van der Waals surface area contributed by atoms with E-state index in [1.54, 1.807) is 20.2 Å². The first-order valence-corrected chi connectivity index (χ1v) is 7.23. The molecule has 0 atom stereocenters. The number of carbonyl (C=O) groups excluding carboxylic acids is 1. The highest BCUT2D eigenvalue weighted by Gasteiger charge is 2.06. The zero-order valence-electron chi connectivity index (χ0n) is 13.1. The number of urea groups is 1. The Morgan fingerprint density at radius 3 is 2.55 bits per heavy atom. The second kappa shape index (κ2) is 6.93. The van der Waals surface area contributed by atoms with Crippen molar-refractivity contribution >= 4 is 11.7 Å². The third-order valence-corrected chi connectivity index (χ3v) is 3.50. The molecule has 0 unspecified atom stereocenters. The average molecular weight is 299 g/mol. The molecule has 0 aliphatic rings. The van der Waals surface area contributed by atoms with Gasteiger partial charge in [0.05, 0.1) is 5.69 Å². The Morgan fingerprint density at radius 2 is 1.86 bits per heavy atom. The van der Waals surface area contributed by atoms with Crippen molar-refractivity contribution in [3.63, 3.8) is 0 Å². The first kappa shape index (κ1) is 15.8. The third kappa shape index (κ3) is 4.22. The van der Waals surface area contributed by atoms with Crippen molar-refractivity contribution in [2.24, 2.45) is 7.05 Å². The Bertz CT molecular complexity index is 718. The highest BCUT2D eigenvalue weighted by atomic mass is 16.2. The van der Waals surface area contributed by atoms with Gasteiger partial charge >= 0.3 is 6.03 Å². The van der Waals surface area contributed by atoms with Gasteiger partial charge in [0, 0.05) is 25.9 Å². The number of rotatable bonds is 4. The maximum atomic E-state index is 11.9. The number of hydrogen-bond acceptors (Lipinski definition) is 2. The maximum absolute atomic E-state index is 11.9. The molecule has 1 heterocycles. The van der Waals surface area contributed by atoms with Crippen molar-refractivity contribution in [1.82, 2.24) is 9.88 Å². The predicted molar refractivity (Wildman–Crippen MR) is 88.3 cm³/mol. The number of anilines is 1. The van der Waals surface area contributed by atoms with E-state index < -0.39 is 0 Å². The minimum Gasteiger partial charge on any atom is -0.338 e. The smallest absolute Gasteiger partial charge is 0.319 e. The number of pyridine rings is 1. The van der Waals surface area contributed by atoms with Crippen molar-refractivity contribution in [2.45, 2.75) is 20.3 Å². The lowest BCUT2D eigenvalue weighted by atomic mass is 10.1. The van der Waals surface area contributed by atoms with Crippen molar-refractivity contribution in [2.75, 3.05) is 11.9 Å². The number of nitrogens with one attached hydrogen (secondary N) is 2. The summed E-state index contributed by atoms with van der Waals surface area (Å²) in [6, 6.07) is 9.47. The third-order valence-electron chi connectivity index (χ3n) is 3.50. The fourth-order valence-corrected chi connectivity index (χ4v) is 2.10. The number of aryl methyl sites for hydroxylation is 3. The molecule has 2 amide bonds. The van der Waals surface area contributed by atoms with Crippen LogP contribution in [0.5, 0.6) is 0 Å². The predicted octanol–water partition coefficient (Wildman–Crippen LogP) is 2.37. The van der Waals surface area contributed by atoms with Crippen LogP contribution in [0.2, 0.25) is 0 Å². The largest absolute Gasteiger partial charge is 0.338 e. The zero-order chi connectivity index (χ0) is 16.1. The van der Waals surface area contributed by atoms with Gasteiger partial charge in [0.15, 0.2) is 0 Å². The van der Waals surface area contributed by atoms with Gasteiger partial charge in [-0.05, 0) is 31.4 Å². The maximum Gasteiger partial charge on any atom is 0.319 e. The molecule has 2 N–H and O–H groups in total. The van der Waals surface area contributed by atoms with E-state index in [2.05, 4.69) is 34.9 Å². The molecule has 5 nitrogen and oxygen atoms in total. The van der Waals surface area contributed by atoms with E-state index in [4.69, 9.17) is 0 Å². The quantitative estimate of drug-likeness (QED) is 0.910. The molecule has 0 bridgehead atoms. The summed E-state index contributed by atoms with van der Waals surface area (Å²) in [5.74, 6) is 0. The molecule has 0 aliphatic heterocycles. The van der Waals surface area contributed by atoms with Gasteiger partial charge < -0.3 is 15.2 Å². The minimum absolute atomic E-state index is 0.0946. The van der Waals surface area contributed by atoms with Crippen LogP contribution >= 0.6 is 0 Å². The van der Waals surface area contributed by atoms with Crippen molar-refractivity contribution < 1.29 is 4.79 Å². The molecule has 0 spiro atoms. The molecule has 5 heteroatoms. The summed E-state index contributed by atoms with van der Waals surface area (Å²) in [5.41, 5.74) is 3.69. The first-order chi connectivity index (χ1) is 10.5. The average Bonchev–Trinajstić information content (AvgIpc) is 2.47. The zero-order valence-corrected chi connectivity index (χ0v) is 13.1. The number of benzene rings is 1. The van der Waals surface area contributed by atoms with Gasteiger partial charge in [-0.1, -0.05) is 29.8 Å². The van der Waals surface area contributed by atoms with Gasteiger partial charge in [-0.15, -0.1) is 0 Å². The van der Waals surface area contributed by atoms with Crippen LogP contribution in [0.4, 0.5) is 10.5 Å². The molecular formula is C17H21N3O2. The van der Waals surface area contributed by atoms with Gasteiger partial charge in [-0.2, -0.15) is 0 Å². The molecule has 0 saturated heterocycles. The monoisotopic (exact) mass is 299 g/mol. The summed E-state index contributed by atoms with van der Waals surface area (Å²) < 4.78 is 1.44. The lowest BCUT2D eigenvalue weighted by Gasteiger charge is -2.11. The summed E-state index contributed by atoms with van der Waals surface area (Å²) in [7, 11) is 1.66. The van der Waals surface area contributed by atoms with Crippen LogP contribution in [0, 0.1) is 13.8 Å². The highest BCUT2D eigenvalue weighted by molar-refractivity contribution is 5.89. The molecule has 22 heavy (non-hydrogen) atoms. The van der Waals surface area contributed by atoms with E-state index in [1.165, 1.54) is 21.8 Å². The van der Waals surface area contributed by atoms with E-state index in [0.717, 1.165) is 12.0 Å². The van der Waals surface area contributed by atoms with E-state index in [0.29, 0.717) is 12.2 Å². The van der Waals surface area contributed by atoms with Crippen molar-refractivity contribution in [1.29, 1.82) is 0 Å². The molecule has 1 aromatic heterocycles. The van der Waals surface area contributed by atoms with E-state index in [-0.39, 0.29) is 11.6 Å². The number of aromatic nitrogens is 1. The first-order valence-electron chi connectivity index (χ1n) is 7.23. The van der Waals surface area contributed by atoms with Gasteiger partial charge in [0.1, 0.15) is 0 Å². The van der Waals surface area contributed by atoms with Crippen LogP contribution in [-0.4, -0.2) is 17.1 Å². The topological polar surface area (TPSA) is 63.1 Å². The van der Waals surface area contributed by atoms with Crippen LogP contribution in [0.15, 0.2) is 41.3 Å². The number of nitrogens with zero attached hydrogens (tertiary/aromatic N) is 1. The summed E-state index contributed by atoms with van der Waals surface area (Å²) >= 11 is 0. The Morgan fingerprint density at radius 1 is 1.18 bits per heavy atom. The highest BCUT2D eigenvalue weighted by Crippen LogP contribution is 2.10. The Kier molecular flexibility index (Phi) is 4.99. The molecule has 0 radical (unpaired) electrons. The van der Waals surface area contributed by atoms with Crippen molar-refractivity contribution in [3.05, 3.63) is 63.6 Å². The number of amides is 2. The van der Waals surface area contributed by atoms with E-state index in [9.17, 15) is 9.59 Å². The fourth-order valence-electron chi connectivity index (χ4n) is 2.10. The van der Waals surface area contributed by atoms with Gasteiger partial charge in [-0.3, -0.25) is 4.79 Å². The van der Waals surface area contributed by atoms with Crippen LogP contribution in [0.25, 0.3) is 0 Å². The Balaban J connectivity index is 1.87. The summed E-state index contributed by atoms with van der Waals surface area (Å²) in [6.45, 7) is 4.40.